The number of hydrogen-bond acceptors (Lipinski definition) is 6. The van der Waals surface area contributed by atoms with Gasteiger partial charge in [0.2, 0.25) is 0 Å². The number of ether oxygens (including phenoxy) is 2. The van der Waals surface area contributed by atoms with Gasteiger partial charge in [0, 0.05) is 12.0 Å². The summed E-state index contributed by atoms with van der Waals surface area (Å²) in [6.07, 6.45) is 4.18. The average molecular weight is 466 g/mol. The van der Waals surface area contributed by atoms with Crippen molar-refractivity contribution in [3.63, 3.8) is 0 Å². The van der Waals surface area contributed by atoms with E-state index in [1.165, 1.54) is 11.8 Å². The van der Waals surface area contributed by atoms with Crippen molar-refractivity contribution in [2.24, 2.45) is 0 Å². The second kappa shape index (κ2) is 10.5. The number of carbonyl (C=O) groups excluding carboxylic acids is 1. The third kappa shape index (κ3) is 5.60. The molecule has 0 saturated carbocycles. The minimum Gasteiger partial charge on any atom is -0.493 e. The molecule has 7 heteroatoms. The lowest BCUT2D eigenvalue weighted by molar-refractivity contribution is -0.122. The summed E-state index contributed by atoms with van der Waals surface area (Å²) in [7, 11) is 0. The minimum atomic E-state index is -0.125. The molecule has 4 rings (SSSR count). The fraction of sp³-hybridized carbons (Fsp3) is 0.200. The lowest BCUT2D eigenvalue weighted by atomic mass is 10.1. The van der Waals surface area contributed by atoms with E-state index in [-0.39, 0.29) is 5.91 Å². The van der Waals surface area contributed by atoms with E-state index < -0.39 is 0 Å². The van der Waals surface area contributed by atoms with Crippen LogP contribution in [-0.4, -0.2) is 28.3 Å². The molecule has 0 atom stereocenters. The number of thioether (sulfide) groups is 1. The van der Waals surface area contributed by atoms with Crippen molar-refractivity contribution in [2.45, 2.75) is 19.9 Å². The summed E-state index contributed by atoms with van der Waals surface area (Å²) in [6.45, 7) is 3.41. The van der Waals surface area contributed by atoms with E-state index in [9.17, 15) is 4.79 Å². The van der Waals surface area contributed by atoms with Crippen LogP contribution in [0.2, 0.25) is 0 Å². The maximum atomic E-state index is 12.9. The van der Waals surface area contributed by atoms with Gasteiger partial charge in [-0.25, -0.2) is 0 Å². The molecule has 1 aliphatic rings. The largest absolute Gasteiger partial charge is 0.493 e. The summed E-state index contributed by atoms with van der Waals surface area (Å²) < 4.78 is 17.6. The van der Waals surface area contributed by atoms with Crippen LogP contribution < -0.4 is 9.47 Å². The van der Waals surface area contributed by atoms with E-state index in [0.717, 1.165) is 29.0 Å². The molecule has 1 aromatic heterocycles. The van der Waals surface area contributed by atoms with Gasteiger partial charge in [0.05, 0.1) is 30.9 Å². The van der Waals surface area contributed by atoms with E-state index in [1.54, 1.807) is 17.2 Å². The maximum Gasteiger partial charge on any atom is 0.266 e. The highest BCUT2D eigenvalue weighted by Gasteiger charge is 2.32. The Morgan fingerprint density at radius 2 is 1.88 bits per heavy atom. The number of rotatable bonds is 9. The van der Waals surface area contributed by atoms with E-state index in [4.69, 9.17) is 26.1 Å². The second-order valence-electron chi connectivity index (χ2n) is 7.25. The summed E-state index contributed by atoms with van der Waals surface area (Å²) in [5, 5.41) is 0. The summed E-state index contributed by atoms with van der Waals surface area (Å²) in [4.78, 5) is 15.1. The molecule has 0 bridgehead atoms. The summed E-state index contributed by atoms with van der Waals surface area (Å²) >= 11 is 6.72. The highest BCUT2D eigenvalue weighted by atomic mass is 32.2. The lowest BCUT2D eigenvalue weighted by Crippen LogP contribution is -2.27. The molecular formula is C25H23NO4S2. The Morgan fingerprint density at radius 1 is 1.06 bits per heavy atom. The number of nitrogens with zero attached hydrogens (tertiary/aromatic N) is 1. The van der Waals surface area contributed by atoms with Crippen LogP contribution in [0.1, 0.15) is 23.3 Å². The molecule has 164 valence electrons. The zero-order valence-electron chi connectivity index (χ0n) is 17.7. The molecule has 0 unspecified atom stereocenters. The molecular weight excluding hydrogens is 442 g/mol. The number of furan rings is 1. The smallest absolute Gasteiger partial charge is 0.266 e. The fourth-order valence-electron chi connectivity index (χ4n) is 3.20. The Balaban J connectivity index is 1.39. The second-order valence-corrected chi connectivity index (χ2v) is 8.93. The zero-order valence-corrected chi connectivity index (χ0v) is 19.3. The van der Waals surface area contributed by atoms with Crippen molar-refractivity contribution in [2.75, 3.05) is 13.2 Å². The fourth-order valence-corrected chi connectivity index (χ4v) is 4.44. The van der Waals surface area contributed by atoms with Crippen molar-refractivity contribution < 1.29 is 18.7 Å². The van der Waals surface area contributed by atoms with Crippen LogP contribution >= 0.6 is 24.0 Å². The summed E-state index contributed by atoms with van der Waals surface area (Å²) in [6, 6.07) is 19.3. The van der Waals surface area contributed by atoms with Gasteiger partial charge in [-0.05, 0) is 49.4 Å². The van der Waals surface area contributed by atoms with Gasteiger partial charge in [-0.3, -0.25) is 9.69 Å². The monoisotopic (exact) mass is 465 g/mol. The molecule has 3 aromatic rings. The van der Waals surface area contributed by atoms with Gasteiger partial charge in [-0.15, -0.1) is 0 Å². The molecule has 1 amide bonds. The first-order valence-electron chi connectivity index (χ1n) is 10.3. The van der Waals surface area contributed by atoms with Crippen LogP contribution in [-0.2, 0) is 11.3 Å². The molecule has 0 aliphatic carbocycles. The number of carbonyl (C=O) groups is 1. The molecule has 5 nitrogen and oxygen atoms in total. The Labute approximate surface area is 197 Å². The van der Waals surface area contributed by atoms with Gasteiger partial charge in [0.25, 0.3) is 5.91 Å². The summed E-state index contributed by atoms with van der Waals surface area (Å²) in [5.74, 6) is 2.15. The van der Waals surface area contributed by atoms with E-state index in [0.29, 0.717) is 34.7 Å². The van der Waals surface area contributed by atoms with Crippen LogP contribution in [0.15, 0.2) is 76.2 Å². The number of benzene rings is 2. The number of aryl methyl sites for hydroxylation is 1. The predicted octanol–water partition coefficient (Wildman–Crippen LogP) is 5.84. The SMILES string of the molecule is Cc1ccc(OCCCOc2ccccc2)c(/C=C2\SC(=S)N(Cc3ccco3)C2=O)c1. The zero-order chi connectivity index (χ0) is 22.3. The van der Waals surface area contributed by atoms with Gasteiger partial charge in [0.15, 0.2) is 0 Å². The molecule has 2 heterocycles. The van der Waals surface area contributed by atoms with Crippen molar-refractivity contribution in [3.05, 3.63) is 88.7 Å². The Kier molecular flexibility index (Phi) is 7.29. The van der Waals surface area contributed by atoms with Gasteiger partial charge in [0.1, 0.15) is 21.6 Å². The Bertz CT molecular complexity index is 1110. The summed E-state index contributed by atoms with van der Waals surface area (Å²) in [5.41, 5.74) is 1.94. The molecule has 0 radical (unpaired) electrons. The van der Waals surface area contributed by atoms with Crippen molar-refractivity contribution in [1.82, 2.24) is 4.90 Å². The van der Waals surface area contributed by atoms with Gasteiger partial charge >= 0.3 is 0 Å². The Morgan fingerprint density at radius 3 is 2.66 bits per heavy atom. The molecule has 2 aromatic carbocycles. The van der Waals surface area contributed by atoms with Gasteiger partial charge < -0.3 is 13.9 Å². The van der Waals surface area contributed by atoms with Gasteiger partial charge in [-0.1, -0.05) is 53.8 Å². The number of para-hydroxylation sites is 1. The van der Waals surface area contributed by atoms with Gasteiger partial charge in [-0.2, -0.15) is 0 Å². The highest BCUT2D eigenvalue weighted by molar-refractivity contribution is 8.26. The molecule has 32 heavy (non-hydrogen) atoms. The molecule has 1 fully saturated rings. The molecule has 1 saturated heterocycles. The Hall–Kier alpha value is -3.03. The van der Waals surface area contributed by atoms with E-state index >= 15 is 0 Å². The first-order chi connectivity index (χ1) is 15.6. The van der Waals surface area contributed by atoms with Crippen LogP contribution in [0.3, 0.4) is 0 Å². The first kappa shape index (κ1) is 22.2. The van der Waals surface area contributed by atoms with E-state index in [1.807, 2.05) is 67.6 Å². The minimum absolute atomic E-state index is 0.125. The predicted molar refractivity (Wildman–Crippen MR) is 131 cm³/mol. The van der Waals surface area contributed by atoms with E-state index in [2.05, 4.69) is 0 Å². The van der Waals surface area contributed by atoms with Crippen LogP contribution in [0.25, 0.3) is 6.08 Å². The molecule has 0 spiro atoms. The average Bonchev–Trinajstić information content (AvgIpc) is 3.40. The third-order valence-corrected chi connectivity index (χ3v) is 6.16. The molecule has 0 N–H and O–H groups in total. The number of hydrogen-bond donors (Lipinski definition) is 0. The van der Waals surface area contributed by atoms with Crippen molar-refractivity contribution in [1.29, 1.82) is 0 Å². The number of amides is 1. The number of thiocarbonyl (C=S) groups is 1. The molecule has 1 aliphatic heterocycles. The van der Waals surface area contributed by atoms with Crippen molar-refractivity contribution >= 4 is 40.3 Å². The van der Waals surface area contributed by atoms with Crippen molar-refractivity contribution in [3.8, 4) is 11.5 Å². The van der Waals surface area contributed by atoms with Crippen LogP contribution in [0.4, 0.5) is 0 Å². The third-order valence-electron chi connectivity index (χ3n) is 4.78. The highest BCUT2D eigenvalue weighted by Crippen LogP contribution is 2.35. The first-order valence-corrected chi connectivity index (χ1v) is 11.5. The van der Waals surface area contributed by atoms with Crippen LogP contribution in [0, 0.1) is 6.92 Å². The standard InChI is InChI=1S/C25H23NO4S2/c1-18-10-11-22(30-14-6-13-28-20-7-3-2-4-8-20)19(15-18)16-23-24(27)26(25(31)32-23)17-21-9-5-12-29-21/h2-5,7-12,15-16H,6,13-14,17H2,1H3/b23-16-. The van der Waals surface area contributed by atoms with Crippen LogP contribution in [0.5, 0.6) is 11.5 Å². The normalized spacial score (nSPS) is 14.9. The quantitative estimate of drug-likeness (QED) is 0.225. The maximum absolute atomic E-state index is 12.9. The topological polar surface area (TPSA) is 51.9 Å². The lowest BCUT2D eigenvalue weighted by Gasteiger charge is -2.12.